The number of benzene rings is 1. The number of rotatable bonds is 4. The quantitative estimate of drug-likeness (QED) is 0.669. The van der Waals surface area contributed by atoms with Gasteiger partial charge in [0, 0.05) is 24.5 Å². The lowest BCUT2D eigenvalue weighted by atomic mass is 10.3. The second-order valence-electron chi connectivity index (χ2n) is 3.36. The number of nitrogen functional groups attached to an aromatic ring is 1. The molecule has 0 aliphatic carbocycles. The minimum absolute atomic E-state index is 0.0435. The van der Waals surface area contributed by atoms with Gasteiger partial charge in [-0.25, -0.2) is 4.79 Å². The average Bonchev–Trinajstić information content (AvgIpc) is 2.25. The summed E-state index contributed by atoms with van der Waals surface area (Å²) >= 11 is 0. The molecule has 88 valence electrons. The first-order valence-corrected chi connectivity index (χ1v) is 5.19. The third kappa shape index (κ3) is 3.43. The van der Waals surface area contributed by atoms with Gasteiger partial charge < -0.3 is 21.1 Å². The Kier molecular flexibility index (Phi) is 4.60. The number of likely N-dealkylation sites (N-methyl/N-ethyl adjacent to an activating group) is 1. The van der Waals surface area contributed by atoms with E-state index in [4.69, 9.17) is 10.8 Å². The Bertz CT molecular complexity index is 355. The third-order valence-corrected chi connectivity index (χ3v) is 2.18. The Balaban J connectivity index is 2.62. The lowest BCUT2D eigenvalue weighted by Gasteiger charge is -2.20. The SMILES string of the molecule is CCN(CCO)C(=O)Nc1cccc(N)c1. The Labute approximate surface area is 94.9 Å². The molecule has 0 bridgehead atoms. The summed E-state index contributed by atoms with van der Waals surface area (Å²) < 4.78 is 0. The number of aliphatic hydroxyl groups excluding tert-OH is 1. The minimum Gasteiger partial charge on any atom is -0.399 e. The smallest absolute Gasteiger partial charge is 0.321 e. The van der Waals surface area contributed by atoms with Gasteiger partial charge in [-0.15, -0.1) is 0 Å². The average molecular weight is 223 g/mol. The molecule has 0 heterocycles. The summed E-state index contributed by atoms with van der Waals surface area (Å²) in [5.41, 5.74) is 6.85. The molecular formula is C11H17N3O2. The number of aliphatic hydroxyl groups is 1. The second-order valence-corrected chi connectivity index (χ2v) is 3.36. The highest BCUT2D eigenvalue weighted by Gasteiger charge is 2.10. The van der Waals surface area contributed by atoms with Crippen LogP contribution in [0.2, 0.25) is 0 Å². The highest BCUT2D eigenvalue weighted by atomic mass is 16.3. The van der Waals surface area contributed by atoms with Crippen LogP contribution >= 0.6 is 0 Å². The van der Waals surface area contributed by atoms with E-state index in [1.54, 1.807) is 24.3 Å². The monoisotopic (exact) mass is 223 g/mol. The molecule has 1 aromatic carbocycles. The molecule has 0 aliphatic heterocycles. The molecule has 4 N–H and O–H groups in total. The maximum atomic E-state index is 11.7. The van der Waals surface area contributed by atoms with Crippen molar-refractivity contribution < 1.29 is 9.90 Å². The van der Waals surface area contributed by atoms with Gasteiger partial charge in [-0.2, -0.15) is 0 Å². The van der Waals surface area contributed by atoms with Crippen molar-refractivity contribution in [1.82, 2.24) is 4.90 Å². The highest BCUT2D eigenvalue weighted by Crippen LogP contribution is 2.12. The van der Waals surface area contributed by atoms with E-state index in [9.17, 15) is 4.79 Å². The molecule has 5 nitrogen and oxygen atoms in total. The van der Waals surface area contributed by atoms with Crippen LogP contribution in [0.4, 0.5) is 16.2 Å². The van der Waals surface area contributed by atoms with E-state index in [1.807, 2.05) is 6.92 Å². The molecule has 1 aromatic rings. The van der Waals surface area contributed by atoms with E-state index in [0.717, 1.165) is 0 Å². The lowest BCUT2D eigenvalue weighted by Crippen LogP contribution is -2.36. The maximum absolute atomic E-state index is 11.7. The molecule has 0 spiro atoms. The van der Waals surface area contributed by atoms with Crippen LogP contribution in [0, 0.1) is 0 Å². The van der Waals surface area contributed by atoms with Gasteiger partial charge in [-0.1, -0.05) is 6.07 Å². The van der Waals surface area contributed by atoms with Crippen LogP contribution in [0.15, 0.2) is 24.3 Å². The Morgan fingerprint density at radius 2 is 2.31 bits per heavy atom. The fourth-order valence-corrected chi connectivity index (χ4v) is 1.34. The van der Waals surface area contributed by atoms with E-state index in [0.29, 0.717) is 24.5 Å². The number of nitrogens with zero attached hydrogens (tertiary/aromatic N) is 1. The third-order valence-electron chi connectivity index (χ3n) is 2.18. The minimum atomic E-state index is -0.234. The van der Waals surface area contributed by atoms with Gasteiger partial charge in [0.2, 0.25) is 0 Å². The summed E-state index contributed by atoms with van der Waals surface area (Å²) in [5.74, 6) is 0. The zero-order valence-corrected chi connectivity index (χ0v) is 9.31. The second kappa shape index (κ2) is 5.97. The van der Waals surface area contributed by atoms with E-state index < -0.39 is 0 Å². The summed E-state index contributed by atoms with van der Waals surface area (Å²) in [4.78, 5) is 13.2. The van der Waals surface area contributed by atoms with Crippen molar-refractivity contribution in [2.75, 3.05) is 30.7 Å². The number of urea groups is 1. The largest absolute Gasteiger partial charge is 0.399 e. The van der Waals surface area contributed by atoms with E-state index in [2.05, 4.69) is 5.32 Å². The predicted octanol–water partition coefficient (Wildman–Crippen LogP) is 1.11. The topological polar surface area (TPSA) is 78.6 Å². The number of nitrogens with one attached hydrogen (secondary N) is 1. The van der Waals surface area contributed by atoms with Gasteiger partial charge in [-0.3, -0.25) is 0 Å². The van der Waals surface area contributed by atoms with E-state index >= 15 is 0 Å². The van der Waals surface area contributed by atoms with Crippen molar-refractivity contribution in [3.63, 3.8) is 0 Å². The van der Waals surface area contributed by atoms with Crippen LogP contribution in [-0.2, 0) is 0 Å². The lowest BCUT2D eigenvalue weighted by molar-refractivity contribution is 0.192. The van der Waals surface area contributed by atoms with Crippen molar-refractivity contribution >= 4 is 17.4 Å². The summed E-state index contributed by atoms with van der Waals surface area (Å²) in [6.45, 7) is 2.69. The molecule has 0 saturated heterocycles. The first-order valence-electron chi connectivity index (χ1n) is 5.19. The molecule has 16 heavy (non-hydrogen) atoms. The molecule has 0 aromatic heterocycles. The van der Waals surface area contributed by atoms with Gasteiger partial charge in [-0.05, 0) is 25.1 Å². The predicted molar refractivity (Wildman–Crippen MR) is 64.2 cm³/mol. The number of hydrogen-bond donors (Lipinski definition) is 3. The molecule has 2 amide bonds. The van der Waals surface area contributed by atoms with Gasteiger partial charge in [0.25, 0.3) is 0 Å². The molecule has 0 saturated carbocycles. The molecule has 0 unspecified atom stereocenters. The van der Waals surface area contributed by atoms with Crippen molar-refractivity contribution in [3.8, 4) is 0 Å². The van der Waals surface area contributed by atoms with Crippen LogP contribution in [0.5, 0.6) is 0 Å². The summed E-state index contributed by atoms with van der Waals surface area (Å²) in [6, 6.07) is 6.74. The Hall–Kier alpha value is -1.75. The zero-order valence-electron chi connectivity index (χ0n) is 9.31. The standard InChI is InChI=1S/C11H17N3O2/c1-2-14(6-7-15)11(16)13-10-5-3-4-9(12)8-10/h3-5,8,15H,2,6-7,12H2,1H3,(H,13,16). The molecule has 5 heteroatoms. The molecule has 0 atom stereocenters. The maximum Gasteiger partial charge on any atom is 0.321 e. The number of amides is 2. The van der Waals surface area contributed by atoms with Gasteiger partial charge in [0.1, 0.15) is 0 Å². The normalized spacial score (nSPS) is 9.88. The first-order chi connectivity index (χ1) is 7.67. The van der Waals surface area contributed by atoms with Gasteiger partial charge in [0.05, 0.1) is 6.61 Å². The number of carbonyl (C=O) groups excluding carboxylic acids is 1. The summed E-state index contributed by atoms with van der Waals surface area (Å²) in [7, 11) is 0. The van der Waals surface area contributed by atoms with Crippen molar-refractivity contribution in [2.45, 2.75) is 6.92 Å². The molecule has 0 aliphatic rings. The van der Waals surface area contributed by atoms with Crippen LogP contribution in [-0.4, -0.2) is 35.7 Å². The highest BCUT2D eigenvalue weighted by molar-refractivity contribution is 5.89. The van der Waals surface area contributed by atoms with Crippen LogP contribution in [0.1, 0.15) is 6.92 Å². The van der Waals surface area contributed by atoms with Crippen molar-refractivity contribution in [1.29, 1.82) is 0 Å². The van der Waals surface area contributed by atoms with Crippen molar-refractivity contribution in [3.05, 3.63) is 24.3 Å². The number of carbonyl (C=O) groups is 1. The molecule has 0 radical (unpaired) electrons. The van der Waals surface area contributed by atoms with E-state index in [1.165, 1.54) is 4.90 Å². The number of hydrogen-bond acceptors (Lipinski definition) is 3. The zero-order chi connectivity index (χ0) is 12.0. The number of nitrogens with two attached hydrogens (primary N) is 1. The fraction of sp³-hybridized carbons (Fsp3) is 0.364. The summed E-state index contributed by atoms with van der Waals surface area (Å²) in [6.07, 6.45) is 0. The molecule has 0 fully saturated rings. The van der Waals surface area contributed by atoms with Crippen LogP contribution in [0.3, 0.4) is 0 Å². The van der Waals surface area contributed by atoms with Crippen LogP contribution in [0.25, 0.3) is 0 Å². The van der Waals surface area contributed by atoms with Gasteiger partial charge >= 0.3 is 6.03 Å². The van der Waals surface area contributed by atoms with E-state index in [-0.39, 0.29) is 12.6 Å². The molecular weight excluding hydrogens is 206 g/mol. The summed E-state index contributed by atoms with van der Waals surface area (Å²) in [5, 5.41) is 11.5. The fourth-order valence-electron chi connectivity index (χ4n) is 1.34. The van der Waals surface area contributed by atoms with Gasteiger partial charge in [0.15, 0.2) is 0 Å². The molecule has 1 rings (SSSR count). The number of anilines is 2. The Morgan fingerprint density at radius 3 is 2.88 bits per heavy atom. The Morgan fingerprint density at radius 1 is 1.56 bits per heavy atom. The first kappa shape index (κ1) is 12.3. The van der Waals surface area contributed by atoms with Crippen LogP contribution < -0.4 is 11.1 Å². The van der Waals surface area contributed by atoms with Crippen molar-refractivity contribution in [2.24, 2.45) is 0 Å².